The van der Waals surface area contributed by atoms with Crippen LogP contribution in [-0.4, -0.2) is 65.5 Å². The number of carbonyl (C=O) groups excluding carboxylic acids is 4. The third-order valence-corrected chi connectivity index (χ3v) is 9.74. The van der Waals surface area contributed by atoms with E-state index in [0.29, 0.717) is 28.3 Å². The molecule has 4 aromatic rings. The molecule has 2 bridgehead atoms. The van der Waals surface area contributed by atoms with Gasteiger partial charge in [0.15, 0.2) is 6.61 Å². The van der Waals surface area contributed by atoms with E-state index in [9.17, 15) is 29.1 Å². The molecule has 3 heterocycles. The Morgan fingerprint density at radius 1 is 0.784 bits per heavy atom. The largest absolute Gasteiger partial charge is 0.484 e. The highest BCUT2D eigenvalue weighted by molar-refractivity contribution is 7.09. The van der Waals surface area contributed by atoms with Crippen molar-refractivity contribution in [2.45, 2.75) is 56.3 Å². The van der Waals surface area contributed by atoms with Crippen LogP contribution < -0.4 is 26.0 Å². The van der Waals surface area contributed by atoms with Gasteiger partial charge >= 0.3 is 5.97 Å². The van der Waals surface area contributed by atoms with Gasteiger partial charge in [0.25, 0.3) is 5.91 Å². The monoisotopic (exact) mass is 750 g/mol. The van der Waals surface area contributed by atoms with Crippen LogP contribution in [0.5, 0.6) is 5.75 Å². The molecular formula is C37H36Cl2N4O7S. The number of nitrogens with one attached hydrogen (secondary N) is 4. The number of aryl methyl sites for hydroxylation is 1. The standard InChI is InChI=1S/C37H36Cl2N4O7S/c38-25-12-11-24(28(39)19-25)18-30-35(46)41-29(15-10-22-5-2-1-3-6-22)34(45)43-32(37(48)49)17-23-8-13-26(14-9-23)50-21-33(44)40-31(36(47)42-30)20-27-7-4-16-51-27/h1-9,11-14,16,19,29-32H,10,15,17-18,20-21H2,(H,40,44)(H,41,46)(H,42,47)(H,43,45)(H,48,49)/t29-,30+,31-,32+/m1/s1. The van der Waals surface area contributed by atoms with Crippen molar-refractivity contribution in [1.29, 1.82) is 0 Å². The number of ether oxygens (including phenoxy) is 1. The number of hydrogen-bond donors (Lipinski definition) is 5. The minimum absolute atomic E-state index is 0.0562. The Kier molecular flexibility index (Phi) is 13.1. The normalized spacial score (nSPS) is 20.4. The third kappa shape index (κ3) is 11.0. The Morgan fingerprint density at radius 3 is 2.14 bits per heavy atom. The van der Waals surface area contributed by atoms with Gasteiger partial charge in [-0.3, -0.25) is 19.2 Å². The highest BCUT2D eigenvalue weighted by Crippen LogP contribution is 2.23. The average molecular weight is 752 g/mol. The average Bonchev–Trinajstić information content (AvgIpc) is 3.63. The molecule has 4 amide bonds. The number of carboxylic acids is 1. The highest BCUT2D eigenvalue weighted by atomic mass is 35.5. The molecule has 14 heteroatoms. The lowest BCUT2D eigenvalue weighted by atomic mass is 10.0. The van der Waals surface area contributed by atoms with Gasteiger partial charge in [-0.1, -0.05) is 77.8 Å². The second kappa shape index (κ2) is 17.8. The first-order valence-electron chi connectivity index (χ1n) is 16.2. The van der Waals surface area contributed by atoms with Crippen LogP contribution in [0.1, 0.15) is 28.0 Å². The summed E-state index contributed by atoms with van der Waals surface area (Å²) >= 11 is 14.0. The first-order valence-corrected chi connectivity index (χ1v) is 17.8. The molecule has 4 atom stereocenters. The van der Waals surface area contributed by atoms with Crippen LogP contribution in [0.25, 0.3) is 0 Å². The summed E-state index contributed by atoms with van der Waals surface area (Å²) in [5, 5.41) is 23.4. The van der Waals surface area contributed by atoms with Crippen molar-refractivity contribution < 1.29 is 33.8 Å². The molecule has 11 nitrogen and oxygen atoms in total. The fourth-order valence-electron chi connectivity index (χ4n) is 5.54. The van der Waals surface area contributed by atoms with Gasteiger partial charge in [0.2, 0.25) is 17.7 Å². The Hall–Kier alpha value is -4.91. The van der Waals surface area contributed by atoms with Crippen LogP contribution >= 0.6 is 34.5 Å². The Bertz CT molecular complexity index is 1840. The van der Waals surface area contributed by atoms with E-state index in [2.05, 4.69) is 21.3 Å². The van der Waals surface area contributed by atoms with E-state index >= 15 is 0 Å². The molecule has 51 heavy (non-hydrogen) atoms. The first kappa shape index (κ1) is 37.3. The van der Waals surface area contributed by atoms with E-state index in [1.165, 1.54) is 17.4 Å². The van der Waals surface area contributed by atoms with E-state index < -0.39 is 60.4 Å². The molecule has 0 aliphatic carbocycles. The molecule has 2 aliphatic heterocycles. The van der Waals surface area contributed by atoms with Crippen molar-refractivity contribution >= 4 is 64.1 Å². The number of aliphatic carboxylic acids is 1. The van der Waals surface area contributed by atoms with Crippen molar-refractivity contribution in [2.24, 2.45) is 0 Å². The number of amides is 4. The molecular weight excluding hydrogens is 715 g/mol. The first-order chi connectivity index (χ1) is 24.5. The molecule has 0 fully saturated rings. The number of thiophene rings is 1. The summed E-state index contributed by atoms with van der Waals surface area (Å²) in [4.78, 5) is 68.1. The number of carbonyl (C=O) groups is 5. The summed E-state index contributed by atoms with van der Waals surface area (Å²) in [7, 11) is 0. The number of fused-ring (bicyclic) bond motifs is 16. The van der Waals surface area contributed by atoms with Gasteiger partial charge < -0.3 is 31.1 Å². The van der Waals surface area contributed by atoms with Crippen LogP contribution in [0.2, 0.25) is 10.0 Å². The molecule has 0 spiro atoms. The second-order valence-corrected chi connectivity index (χ2v) is 13.9. The SMILES string of the molecule is O=C1COc2ccc(cc2)C[C@@H](C(=O)O)NC(=O)[C@@H](CCc2ccccc2)NC(=O)[C@H](Cc2ccc(Cl)cc2Cl)NC(=O)[C@@H](Cc2cccs2)N1. The van der Waals surface area contributed by atoms with Crippen LogP contribution in [0.15, 0.2) is 90.3 Å². The molecule has 266 valence electrons. The molecule has 1 aromatic heterocycles. The molecule has 3 aromatic carbocycles. The minimum atomic E-state index is -1.32. The van der Waals surface area contributed by atoms with Gasteiger partial charge in [0.05, 0.1) is 0 Å². The van der Waals surface area contributed by atoms with Crippen molar-refractivity contribution in [3.63, 3.8) is 0 Å². The lowest BCUT2D eigenvalue weighted by molar-refractivity contribution is -0.142. The van der Waals surface area contributed by atoms with Gasteiger partial charge in [0.1, 0.15) is 29.9 Å². The number of rotatable bonds is 8. The van der Waals surface area contributed by atoms with Gasteiger partial charge in [-0.05, 0) is 65.2 Å². The molecule has 0 radical (unpaired) electrons. The summed E-state index contributed by atoms with van der Waals surface area (Å²) in [6.07, 6.45) is 0.500. The Morgan fingerprint density at radius 2 is 1.47 bits per heavy atom. The Balaban J connectivity index is 1.50. The zero-order valence-electron chi connectivity index (χ0n) is 27.3. The van der Waals surface area contributed by atoms with Crippen LogP contribution in [0.3, 0.4) is 0 Å². The van der Waals surface area contributed by atoms with E-state index in [1.807, 2.05) is 47.8 Å². The third-order valence-electron chi connectivity index (χ3n) is 8.25. The Labute approximate surface area is 308 Å². The summed E-state index contributed by atoms with van der Waals surface area (Å²) in [6, 6.07) is 19.3. The van der Waals surface area contributed by atoms with Gasteiger partial charge in [-0.25, -0.2) is 4.79 Å². The van der Waals surface area contributed by atoms with Crippen molar-refractivity contribution in [3.8, 4) is 5.75 Å². The lowest BCUT2D eigenvalue weighted by Crippen LogP contribution is -2.59. The predicted molar refractivity (Wildman–Crippen MR) is 194 cm³/mol. The van der Waals surface area contributed by atoms with Crippen LogP contribution in [0.4, 0.5) is 0 Å². The number of halogens is 2. The van der Waals surface area contributed by atoms with E-state index in [-0.39, 0.29) is 30.7 Å². The summed E-state index contributed by atoms with van der Waals surface area (Å²) in [6.45, 7) is -0.408. The fourth-order valence-corrected chi connectivity index (χ4v) is 6.78. The zero-order valence-corrected chi connectivity index (χ0v) is 29.6. The molecule has 0 saturated heterocycles. The molecule has 0 unspecified atom stereocenters. The topological polar surface area (TPSA) is 163 Å². The lowest BCUT2D eigenvalue weighted by Gasteiger charge is -2.26. The molecule has 2 aliphatic rings. The van der Waals surface area contributed by atoms with Gasteiger partial charge in [-0.2, -0.15) is 0 Å². The second-order valence-electron chi connectivity index (χ2n) is 12.0. The molecule has 6 rings (SSSR count). The summed E-state index contributed by atoms with van der Waals surface area (Å²) < 4.78 is 5.65. The van der Waals surface area contributed by atoms with Crippen molar-refractivity contribution in [1.82, 2.24) is 21.3 Å². The zero-order chi connectivity index (χ0) is 36.3. The maximum Gasteiger partial charge on any atom is 0.326 e. The number of hydrogen-bond acceptors (Lipinski definition) is 7. The summed E-state index contributed by atoms with van der Waals surface area (Å²) in [5.74, 6) is -3.57. The van der Waals surface area contributed by atoms with E-state index in [1.54, 1.807) is 36.4 Å². The smallest absolute Gasteiger partial charge is 0.326 e. The minimum Gasteiger partial charge on any atom is -0.484 e. The molecule has 5 N–H and O–H groups in total. The number of benzene rings is 3. The highest BCUT2D eigenvalue weighted by Gasteiger charge is 2.32. The van der Waals surface area contributed by atoms with E-state index in [4.69, 9.17) is 27.9 Å². The predicted octanol–water partition coefficient (Wildman–Crippen LogP) is 4.13. The fraction of sp³-hybridized carbons (Fsp3) is 0.270. The van der Waals surface area contributed by atoms with Crippen LogP contribution in [-0.2, 0) is 49.7 Å². The maximum atomic E-state index is 14.1. The van der Waals surface area contributed by atoms with Gasteiger partial charge in [-0.15, -0.1) is 11.3 Å². The van der Waals surface area contributed by atoms with Crippen molar-refractivity contribution in [2.75, 3.05) is 6.61 Å². The van der Waals surface area contributed by atoms with Gasteiger partial charge in [0, 0.05) is 34.2 Å². The number of carboxylic acid groups (broad SMARTS) is 1. The van der Waals surface area contributed by atoms with E-state index in [0.717, 1.165) is 10.4 Å². The quantitative estimate of drug-likeness (QED) is 0.169. The maximum absolute atomic E-state index is 14.1. The van der Waals surface area contributed by atoms with Crippen molar-refractivity contribution in [3.05, 3.63) is 122 Å². The summed E-state index contributed by atoms with van der Waals surface area (Å²) in [5.41, 5.74) is 1.98. The van der Waals surface area contributed by atoms with Crippen LogP contribution in [0, 0.1) is 0 Å². The molecule has 0 saturated carbocycles.